The van der Waals surface area contributed by atoms with Crippen molar-refractivity contribution in [2.45, 2.75) is 19.9 Å². The highest BCUT2D eigenvalue weighted by atomic mass is 19.1. The Labute approximate surface area is 112 Å². The molecule has 0 heterocycles. The maximum atomic E-state index is 13.5. The summed E-state index contributed by atoms with van der Waals surface area (Å²) in [5.74, 6) is -0.497. The summed E-state index contributed by atoms with van der Waals surface area (Å²) in [7, 11) is 0. The van der Waals surface area contributed by atoms with Gasteiger partial charge in [-0.05, 0) is 31.5 Å². The minimum Gasteiger partial charge on any atom is -0.377 e. The molecule has 0 fully saturated rings. The average Bonchev–Trinajstić information content (AvgIpc) is 2.39. The van der Waals surface area contributed by atoms with Crippen molar-refractivity contribution in [2.75, 3.05) is 5.32 Å². The summed E-state index contributed by atoms with van der Waals surface area (Å²) in [4.78, 5) is 0. The van der Waals surface area contributed by atoms with Gasteiger partial charge in [0, 0.05) is 6.04 Å². The number of halogens is 1. The Bertz CT molecular complexity index is 612. The Hall–Kier alpha value is -2.34. The van der Waals surface area contributed by atoms with E-state index >= 15 is 0 Å². The lowest BCUT2D eigenvalue weighted by atomic mass is 10.1. The molecule has 2 rings (SSSR count). The third-order valence-corrected chi connectivity index (χ3v) is 3.07. The number of aryl methyl sites for hydroxylation is 1. The first-order chi connectivity index (χ1) is 9.11. The molecule has 0 saturated heterocycles. The summed E-state index contributed by atoms with van der Waals surface area (Å²) in [6, 6.07) is 14.6. The monoisotopic (exact) mass is 254 g/mol. The highest BCUT2D eigenvalue weighted by Gasteiger charge is 2.11. The lowest BCUT2D eigenvalue weighted by Gasteiger charge is -2.17. The van der Waals surface area contributed by atoms with Gasteiger partial charge in [0.25, 0.3) is 0 Å². The first kappa shape index (κ1) is 13.1. The van der Waals surface area contributed by atoms with E-state index in [-0.39, 0.29) is 11.6 Å². The molecule has 96 valence electrons. The fraction of sp³-hybridized carbons (Fsp3) is 0.188. The average molecular weight is 254 g/mol. The first-order valence-electron chi connectivity index (χ1n) is 6.13. The smallest absolute Gasteiger partial charge is 0.143 e. The largest absolute Gasteiger partial charge is 0.377 e. The molecular formula is C16H15FN2. The van der Waals surface area contributed by atoms with Crippen molar-refractivity contribution < 1.29 is 4.39 Å². The second kappa shape index (κ2) is 5.53. The Morgan fingerprint density at radius 1 is 1.16 bits per heavy atom. The molecule has 19 heavy (non-hydrogen) atoms. The summed E-state index contributed by atoms with van der Waals surface area (Å²) < 4.78 is 13.5. The Kier molecular flexibility index (Phi) is 3.82. The molecule has 0 aliphatic carbocycles. The van der Waals surface area contributed by atoms with Gasteiger partial charge in [-0.3, -0.25) is 0 Å². The van der Waals surface area contributed by atoms with Gasteiger partial charge in [-0.2, -0.15) is 5.26 Å². The summed E-state index contributed by atoms with van der Waals surface area (Å²) in [5.41, 5.74) is 2.87. The molecule has 1 atom stereocenters. The zero-order valence-electron chi connectivity index (χ0n) is 10.9. The van der Waals surface area contributed by atoms with Crippen LogP contribution in [-0.4, -0.2) is 0 Å². The summed E-state index contributed by atoms with van der Waals surface area (Å²) in [6.07, 6.45) is 0. The lowest BCUT2D eigenvalue weighted by Crippen LogP contribution is -2.08. The molecule has 2 aromatic rings. The second-order valence-electron chi connectivity index (χ2n) is 4.55. The van der Waals surface area contributed by atoms with Crippen molar-refractivity contribution in [3.05, 3.63) is 65.0 Å². The van der Waals surface area contributed by atoms with Crippen molar-refractivity contribution in [3.63, 3.8) is 0 Å². The zero-order chi connectivity index (χ0) is 13.8. The van der Waals surface area contributed by atoms with Crippen LogP contribution in [0.4, 0.5) is 10.1 Å². The van der Waals surface area contributed by atoms with E-state index in [1.165, 1.54) is 11.6 Å². The normalized spacial score (nSPS) is 11.7. The Balaban J connectivity index is 2.24. The third-order valence-electron chi connectivity index (χ3n) is 3.07. The van der Waals surface area contributed by atoms with Crippen LogP contribution in [0.15, 0.2) is 42.5 Å². The van der Waals surface area contributed by atoms with Crippen LogP contribution in [0, 0.1) is 24.1 Å². The third kappa shape index (κ3) is 2.92. The molecule has 1 unspecified atom stereocenters. The number of hydrogen-bond acceptors (Lipinski definition) is 2. The Morgan fingerprint density at radius 3 is 2.47 bits per heavy atom. The molecule has 0 aromatic heterocycles. The summed E-state index contributed by atoms with van der Waals surface area (Å²) >= 11 is 0. The van der Waals surface area contributed by atoms with Crippen molar-refractivity contribution in [2.24, 2.45) is 0 Å². The van der Waals surface area contributed by atoms with Crippen molar-refractivity contribution in [3.8, 4) is 6.07 Å². The number of anilines is 1. The molecule has 0 amide bonds. The van der Waals surface area contributed by atoms with Gasteiger partial charge in [0.1, 0.15) is 17.4 Å². The van der Waals surface area contributed by atoms with Gasteiger partial charge in [0.05, 0.1) is 5.69 Å². The maximum Gasteiger partial charge on any atom is 0.143 e. The zero-order valence-corrected chi connectivity index (χ0v) is 10.9. The summed E-state index contributed by atoms with van der Waals surface area (Å²) in [6.45, 7) is 4.01. The molecule has 3 heteroatoms. The molecule has 0 saturated carbocycles. The number of benzene rings is 2. The highest BCUT2D eigenvalue weighted by molar-refractivity contribution is 5.58. The van der Waals surface area contributed by atoms with Gasteiger partial charge in [0.2, 0.25) is 0 Å². The standard InChI is InChI=1S/C16H15FN2/c1-11-6-8-13(9-7-11)12(2)19-16-5-3-4-15(17)14(16)10-18/h3-9,12,19H,1-2H3. The number of hydrogen-bond donors (Lipinski definition) is 1. The molecule has 2 nitrogen and oxygen atoms in total. The van der Waals surface area contributed by atoms with Crippen LogP contribution < -0.4 is 5.32 Å². The van der Waals surface area contributed by atoms with E-state index < -0.39 is 5.82 Å². The van der Waals surface area contributed by atoms with E-state index in [2.05, 4.69) is 5.32 Å². The van der Waals surface area contributed by atoms with Gasteiger partial charge in [-0.15, -0.1) is 0 Å². The fourth-order valence-corrected chi connectivity index (χ4v) is 1.93. The quantitative estimate of drug-likeness (QED) is 0.891. The molecule has 0 bridgehead atoms. The number of nitrogens with zero attached hydrogens (tertiary/aromatic N) is 1. The van der Waals surface area contributed by atoms with Crippen LogP contribution in [0.25, 0.3) is 0 Å². The van der Waals surface area contributed by atoms with E-state index in [9.17, 15) is 4.39 Å². The Morgan fingerprint density at radius 2 is 1.84 bits per heavy atom. The van der Waals surface area contributed by atoms with Gasteiger partial charge in [0.15, 0.2) is 0 Å². The number of nitrogens with one attached hydrogen (secondary N) is 1. The van der Waals surface area contributed by atoms with Gasteiger partial charge >= 0.3 is 0 Å². The minimum absolute atomic E-state index is 0.00880. The molecule has 0 aliphatic heterocycles. The number of rotatable bonds is 3. The van der Waals surface area contributed by atoms with Crippen molar-refractivity contribution in [1.82, 2.24) is 0 Å². The molecule has 0 aliphatic rings. The molecule has 0 radical (unpaired) electrons. The lowest BCUT2D eigenvalue weighted by molar-refractivity contribution is 0.624. The van der Waals surface area contributed by atoms with Gasteiger partial charge in [-0.1, -0.05) is 35.9 Å². The topological polar surface area (TPSA) is 35.8 Å². The van der Waals surface area contributed by atoms with Gasteiger partial charge in [-0.25, -0.2) is 4.39 Å². The van der Waals surface area contributed by atoms with Crippen molar-refractivity contribution >= 4 is 5.69 Å². The maximum absolute atomic E-state index is 13.5. The highest BCUT2D eigenvalue weighted by Crippen LogP contribution is 2.23. The van der Waals surface area contributed by atoms with E-state index in [1.54, 1.807) is 12.1 Å². The summed E-state index contributed by atoms with van der Waals surface area (Å²) in [5, 5.41) is 12.2. The van der Waals surface area contributed by atoms with Crippen LogP contribution in [0.3, 0.4) is 0 Å². The molecule has 1 N–H and O–H groups in total. The molecular weight excluding hydrogens is 239 g/mol. The van der Waals surface area contributed by atoms with E-state index in [0.717, 1.165) is 5.56 Å². The fourth-order valence-electron chi connectivity index (χ4n) is 1.93. The minimum atomic E-state index is -0.497. The SMILES string of the molecule is Cc1ccc(C(C)Nc2cccc(F)c2C#N)cc1. The van der Waals surface area contributed by atoms with E-state index in [4.69, 9.17) is 5.26 Å². The number of nitriles is 1. The second-order valence-corrected chi connectivity index (χ2v) is 4.55. The van der Waals surface area contributed by atoms with Crippen LogP contribution >= 0.6 is 0 Å². The predicted octanol–water partition coefficient (Wildman–Crippen LogP) is 4.18. The van der Waals surface area contributed by atoms with Crippen molar-refractivity contribution in [1.29, 1.82) is 5.26 Å². The van der Waals surface area contributed by atoms with Crippen LogP contribution in [0.5, 0.6) is 0 Å². The molecule has 0 spiro atoms. The van der Waals surface area contributed by atoms with E-state index in [0.29, 0.717) is 5.69 Å². The first-order valence-corrected chi connectivity index (χ1v) is 6.13. The van der Waals surface area contributed by atoms with Crippen LogP contribution in [0.2, 0.25) is 0 Å². The van der Waals surface area contributed by atoms with Crippen LogP contribution in [0.1, 0.15) is 29.7 Å². The van der Waals surface area contributed by atoms with Gasteiger partial charge < -0.3 is 5.32 Å². The van der Waals surface area contributed by atoms with E-state index in [1.807, 2.05) is 44.2 Å². The van der Waals surface area contributed by atoms with Crippen LogP contribution in [-0.2, 0) is 0 Å². The predicted molar refractivity (Wildman–Crippen MR) is 74.3 cm³/mol. The molecule has 2 aromatic carbocycles.